The molecule has 0 amide bonds. The summed E-state index contributed by atoms with van der Waals surface area (Å²) in [6, 6.07) is 13.2. The Hall–Kier alpha value is -3.42. The molecule has 0 fully saturated rings. The summed E-state index contributed by atoms with van der Waals surface area (Å²) in [7, 11) is -4.51. The van der Waals surface area contributed by atoms with E-state index in [0.717, 1.165) is 58.9 Å². The molecule has 1 aliphatic heterocycles. The van der Waals surface area contributed by atoms with E-state index in [1.807, 2.05) is 26.0 Å². The maximum Gasteiger partial charge on any atom is 0.362 e. The van der Waals surface area contributed by atoms with E-state index in [1.54, 1.807) is 6.07 Å². The van der Waals surface area contributed by atoms with Crippen LogP contribution in [0.25, 0.3) is 17.0 Å². The molecule has 6 nitrogen and oxygen atoms in total. The smallest absolute Gasteiger partial charge is 0.362 e. The highest BCUT2D eigenvalue weighted by Crippen LogP contribution is 2.44. The van der Waals surface area contributed by atoms with Gasteiger partial charge in [-0.2, -0.15) is 0 Å². The van der Waals surface area contributed by atoms with Gasteiger partial charge in [0, 0.05) is 47.1 Å². The van der Waals surface area contributed by atoms with Crippen LogP contribution in [0.2, 0.25) is 0 Å². The van der Waals surface area contributed by atoms with Crippen molar-refractivity contribution >= 4 is 38.5 Å². The minimum absolute atomic E-state index is 0.0898. The lowest BCUT2D eigenvalue weighted by Gasteiger charge is -2.27. The number of benzene rings is 2. The summed E-state index contributed by atoms with van der Waals surface area (Å²) in [5, 5.41) is 4.50. The van der Waals surface area contributed by atoms with E-state index in [2.05, 4.69) is 74.3 Å². The standard InChI is InChI=1S/C32H36N2O4S/c1-7-34(8-2)23-13-12-22-17-26-29(38-28(22)18-23)16-21(20-31(26,3)4)10-9-11-30-32(5,6)25-19-24(39(35,36)37)14-15-27(25)33-30/h9-19,33H,7-8,20H2,1-6H3/b10-9+,30-11-. The fourth-order valence-electron chi connectivity index (χ4n) is 5.75. The lowest BCUT2D eigenvalue weighted by Crippen LogP contribution is -2.22. The zero-order valence-corrected chi connectivity index (χ0v) is 24.3. The number of rotatable bonds is 6. The maximum absolute atomic E-state index is 11.5. The van der Waals surface area contributed by atoms with Crippen LogP contribution in [0.4, 0.5) is 11.4 Å². The second-order valence-corrected chi connectivity index (χ2v) is 12.9. The highest BCUT2D eigenvalue weighted by atomic mass is 32.2. The fraction of sp³-hybridized carbons (Fsp3) is 0.344. The van der Waals surface area contributed by atoms with Crippen LogP contribution in [0.3, 0.4) is 0 Å². The molecule has 2 heterocycles. The molecule has 0 radical (unpaired) electrons. The summed E-state index contributed by atoms with van der Waals surface area (Å²) in [6.45, 7) is 14.7. The van der Waals surface area contributed by atoms with Crippen molar-refractivity contribution in [2.75, 3.05) is 23.3 Å². The maximum atomic E-state index is 11.5. The number of nitrogens with one attached hydrogen (secondary N) is 1. The van der Waals surface area contributed by atoms with E-state index in [4.69, 9.17) is 4.42 Å². The minimum Gasteiger partial charge on any atom is -0.744 e. The molecule has 0 bridgehead atoms. The van der Waals surface area contributed by atoms with Crippen molar-refractivity contribution in [3.8, 4) is 0 Å². The van der Waals surface area contributed by atoms with E-state index in [1.165, 1.54) is 23.3 Å². The highest BCUT2D eigenvalue weighted by Gasteiger charge is 2.36. The molecule has 5 rings (SSSR count). The third kappa shape index (κ3) is 5.01. The minimum atomic E-state index is -4.51. The zero-order valence-electron chi connectivity index (χ0n) is 23.5. The number of allylic oxidation sites excluding steroid dienone is 5. The Bertz CT molecular complexity index is 1660. The Balaban J connectivity index is 1.46. The van der Waals surface area contributed by atoms with Crippen molar-refractivity contribution in [3.63, 3.8) is 0 Å². The number of hydrogen-bond donors (Lipinski definition) is 1. The van der Waals surface area contributed by atoms with Crippen molar-refractivity contribution < 1.29 is 17.4 Å². The molecular formula is C32H36N2O4S. The molecule has 0 spiro atoms. The second kappa shape index (κ2) is 9.65. The van der Waals surface area contributed by atoms with Crippen LogP contribution in [0, 0.1) is 0 Å². The van der Waals surface area contributed by atoms with Gasteiger partial charge >= 0.3 is 11.3 Å². The largest absolute Gasteiger partial charge is 0.744 e. The average Bonchev–Trinajstić information content (AvgIpc) is 3.12. The van der Waals surface area contributed by atoms with E-state index in [-0.39, 0.29) is 10.3 Å². The summed E-state index contributed by atoms with van der Waals surface area (Å²) in [5.74, 6) is 0.890. The molecule has 0 atom stereocenters. The normalized spacial score (nSPS) is 18.6. The molecule has 0 saturated heterocycles. The lowest BCUT2D eigenvalue weighted by atomic mass is 9.74. The molecule has 0 saturated carbocycles. The highest BCUT2D eigenvalue weighted by molar-refractivity contribution is 7.85. The van der Waals surface area contributed by atoms with Crippen molar-refractivity contribution in [2.45, 2.75) is 63.7 Å². The SMILES string of the molecule is CCN(CC)c1ccc2cc3c([o+]c2c1)C=C(/C=C/C=C1\Nc2ccc(S(=O)(=O)[O-])cc2C1(C)C)CC3(C)C. The number of hydrogen-bond acceptors (Lipinski definition) is 5. The average molecular weight is 545 g/mol. The molecule has 2 aromatic carbocycles. The molecule has 204 valence electrons. The van der Waals surface area contributed by atoms with Crippen LogP contribution in [0.5, 0.6) is 0 Å². The third-order valence-corrected chi connectivity index (χ3v) is 8.90. The first-order valence-corrected chi connectivity index (χ1v) is 14.9. The topological polar surface area (TPSA) is 83.8 Å². The fourth-order valence-corrected chi connectivity index (χ4v) is 6.25. The summed E-state index contributed by atoms with van der Waals surface area (Å²) in [6.07, 6.45) is 9.15. The summed E-state index contributed by atoms with van der Waals surface area (Å²) < 4.78 is 41.1. The second-order valence-electron chi connectivity index (χ2n) is 11.5. The van der Waals surface area contributed by atoms with Crippen LogP contribution in [-0.2, 0) is 20.9 Å². The van der Waals surface area contributed by atoms with Crippen LogP contribution in [0.15, 0.2) is 81.3 Å². The first kappa shape index (κ1) is 27.2. The van der Waals surface area contributed by atoms with Gasteiger partial charge in [-0.3, -0.25) is 0 Å². The molecule has 1 N–H and O–H groups in total. The number of nitrogens with zero attached hydrogens (tertiary/aromatic N) is 1. The Morgan fingerprint density at radius 2 is 1.77 bits per heavy atom. The van der Waals surface area contributed by atoms with Gasteiger partial charge in [0.25, 0.3) is 0 Å². The Kier molecular flexibility index (Phi) is 6.72. The quantitative estimate of drug-likeness (QED) is 0.258. The summed E-state index contributed by atoms with van der Waals surface area (Å²) in [5.41, 5.74) is 6.40. The van der Waals surface area contributed by atoms with E-state index in [9.17, 15) is 13.0 Å². The van der Waals surface area contributed by atoms with Crippen LogP contribution < -0.4 is 10.2 Å². The third-order valence-electron chi connectivity index (χ3n) is 8.07. The van der Waals surface area contributed by atoms with Gasteiger partial charge in [0.05, 0.1) is 21.9 Å². The van der Waals surface area contributed by atoms with Gasteiger partial charge in [-0.05, 0) is 73.9 Å². The molecular weight excluding hydrogens is 508 g/mol. The van der Waals surface area contributed by atoms with Gasteiger partial charge in [0.2, 0.25) is 0 Å². The van der Waals surface area contributed by atoms with E-state index >= 15 is 0 Å². The van der Waals surface area contributed by atoms with Crippen molar-refractivity contribution in [3.05, 3.63) is 88.8 Å². The monoisotopic (exact) mass is 544 g/mol. The predicted molar refractivity (Wildman–Crippen MR) is 158 cm³/mol. The Morgan fingerprint density at radius 1 is 1.03 bits per heavy atom. The summed E-state index contributed by atoms with van der Waals surface area (Å²) >= 11 is 0. The number of fused-ring (bicyclic) bond motifs is 3. The van der Waals surface area contributed by atoms with Crippen molar-refractivity contribution in [1.29, 1.82) is 0 Å². The van der Waals surface area contributed by atoms with E-state index < -0.39 is 15.5 Å². The van der Waals surface area contributed by atoms with Gasteiger partial charge in [-0.25, -0.2) is 12.8 Å². The molecule has 3 aromatic rings. The lowest BCUT2D eigenvalue weighted by molar-refractivity contribution is 0.462. The van der Waals surface area contributed by atoms with E-state index in [0.29, 0.717) is 0 Å². The molecule has 39 heavy (non-hydrogen) atoms. The molecule has 1 aliphatic carbocycles. The Morgan fingerprint density at radius 3 is 2.46 bits per heavy atom. The number of anilines is 2. The van der Waals surface area contributed by atoms with Crippen LogP contribution >= 0.6 is 0 Å². The van der Waals surface area contributed by atoms with Crippen LogP contribution in [-0.4, -0.2) is 26.1 Å². The van der Waals surface area contributed by atoms with Crippen LogP contribution in [0.1, 0.15) is 64.9 Å². The van der Waals surface area contributed by atoms with Gasteiger partial charge in [0.1, 0.15) is 10.1 Å². The zero-order chi connectivity index (χ0) is 28.2. The van der Waals surface area contributed by atoms with Gasteiger partial charge in [0.15, 0.2) is 0 Å². The van der Waals surface area contributed by atoms with Gasteiger partial charge in [-0.1, -0.05) is 39.8 Å². The van der Waals surface area contributed by atoms with Crippen molar-refractivity contribution in [1.82, 2.24) is 0 Å². The first-order valence-electron chi connectivity index (χ1n) is 13.5. The van der Waals surface area contributed by atoms with Gasteiger partial charge in [-0.15, -0.1) is 0 Å². The summed E-state index contributed by atoms with van der Waals surface area (Å²) in [4.78, 5) is 2.11. The molecule has 1 aromatic heterocycles. The predicted octanol–water partition coefficient (Wildman–Crippen LogP) is 7.37. The molecule has 2 aliphatic rings. The molecule has 7 heteroatoms. The first-order chi connectivity index (χ1) is 18.3. The molecule has 0 unspecified atom stereocenters. The van der Waals surface area contributed by atoms with Crippen molar-refractivity contribution in [2.24, 2.45) is 0 Å². The van der Waals surface area contributed by atoms with Gasteiger partial charge < -0.3 is 14.8 Å². The Labute approximate surface area is 231 Å².